The molecule has 110 valence electrons. The maximum Gasteiger partial charge on any atom is 0.534 e. The highest BCUT2D eigenvalue weighted by molar-refractivity contribution is 7.87. The Balaban J connectivity index is 2.28. The van der Waals surface area contributed by atoms with E-state index in [-0.39, 0.29) is 17.6 Å². The van der Waals surface area contributed by atoms with E-state index in [4.69, 9.17) is 0 Å². The summed E-state index contributed by atoms with van der Waals surface area (Å²) in [6.45, 7) is 0.434. The van der Waals surface area contributed by atoms with Crippen LogP contribution >= 0.6 is 0 Å². The summed E-state index contributed by atoms with van der Waals surface area (Å²) in [5.41, 5.74) is -4.67. The molecule has 2 unspecified atom stereocenters. The number of hydrogen-bond acceptors (Lipinski definition) is 4. The summed E-state index contributed by atoms with van der Waals surface area (Å²) in [5.74, 6) is 0.00480. The molecule has 2 rings (SSSR count). The van der Waals surface area contributed by atoms with E-state index in [1.165, 1.54) is 0 Å². The first kappa shape index (κ1) is 14.6. The lowest BCUT2D eigenvalue weighted by molar-refractivity contribution is -0.0527. The van der Waals surface area contributed by atoms with Crippen molar-refractivity contribution in [1.82, 2.24) is 4.90 Å². The van der Waals surface area contributed by atoms with Gasteiger partial charge in [-0.05, 0) is 44.8 Å². The van der Waals surface area contributed by atoms with Gasteiger partial charge in [-0.2, -0.15) is 21.6 Å². The maximum absolute atomic E-state index is 12.4. The van der Waals surface area contributed by atoms with Crippen molar-refractivity contribution in [3.05, 3.63) is 11.3 Å². The lowest BCUT2D eigenvalue weighted by Crippen LogP contribution is -2.28. The zero-order valence-corrected chi connectivity index (χ0v) is 11.5. The first-order valence-corrected chi connectivity index (χ1v) is 7.41. The van der Waals surface area contributed by atoms with E-state index in [1.54, 1.807) is 19.0 Å². The highest BCUT2D eigenvalue weighted by Crippen LogP contribution is 2.50. The van der Waals surface area contributed by atoms with Crippen LogP contribution in [0.1, 0.15) is 19.3 Å². The second-order valence-electron chi connectivity index (χ2n) is 5.32. The predicted octanol–water partition coefficient (Wildman–Crippen LogP) is 2.10. The molecule has 2 aliphatic rings. The molecule has 0 N–H and O–H groups in total. The first-order valence-electron chi connectivity index (χ1n) is 6.00. The van der Waals surface area contributed by atoms with Crippen molar-refractivity contribution in [1.29, 1.82) is 0 Å². The van der Waals surface area contributed by atoms with Crippen LogP contribution in [0.25, 0.3) is 0 Å². The molecule has 1 saturated carbocycles. The average molecular weight is 299 g/mol. The number of hydrogen-bond donors (Lipinski definition) is 0. The normalized spacial score (nSPS) is 27.5. The van der Waals surface area contributed by atoms with Gasteiger partial charge in [0.25, 0.3) is 0 Å². The molecule has 4 nitrogen and oxygen atoms in total. The molecule has 0 aromatic carbocycles. The monoisotopic (exact) mass is 299 g/mol. The van der Waals surface area contributed by atoms with Crippen LogP contribution in [0, 0.1) is 11.8 Å². The Labute approximate surface area is 110 Å². The molecule has 19 heavy (non-hydrogen) atoms. The number of fused-ring (bicyclic) bond motifs is 2. The van der Waals surface area contributed by atoms with Crippen LogP contribution in [0.15, 0.2) is 11.3 Å². The third-order valence-electron chi connectivity index (χ3n) is 3.58. The summed E-state index contributed by atoms with van der Waals surface area (Å²) in [6.07, 6.45) is 2.29. The molecular weight excluding hydrogens is 283 g/mol. The van der Waals surface area contributed by atoms with Gasteiger partial charge < -0.3 is 9.08 Å². The Morgan fingerprint density at radius 2 is 1.84 bits per heavy atom. The van der Waals surface area contributed by atoms with E-state index in [2.05, 4.69) is 4.18 Å². The van der Waals surface area contributed by atoms with Crippen LogP contribution in [0.5, 0.6) is 0 Å². The van der Waals surface area contributed by atoms with E-state index >= 15 is 0 Å². The van der Waals surface area contributed by atoms with Gasteiger partial charge in [-0.15, -0.1) is 0 Å². The summed E-state index contributed by atoms with van der Waals surface area (Å²) < 4.78 is 63.8. The highest BCUT2D eigenvalue weighted by Gasteiger charge is 2.51. The zero-order chi connectivity index (χ0) is 14.4. The van der Waals surface area contributed by atoms with Crippen LogP contribution in [-0.2, 0) is 14.3 Å². The van der Waals surface area contributed by atoms with Crippen LogP contribution in [0.3, 0.4) is 0 Å². The smallest absolute Gasteiger partial charge is 0.380 e. The first-order chi connectivity index (χ1) is 8.62. The summed E-state index contributed by atoms with van der Waals surface area (Å²) in [6, 6.07) is 0. The van der Waals surface area contributed by atoms with Crippen molar-refractivity contribution in [2.75, 3.05) is 20.6 Å². The molecule has 0 aromatic heterocycles. The second-order valence-corrected chi connectivity index (χ2v) is 6.86. The summed E-state index contributed by atoms with van der Waals surface area (Å²) in [7, 11) is -1.98. The molecular formula is C11H16F3NO3S. The van der Waals surface area contributed by atoms with Crippen LogP contribution < -0.4 is 0 Å². The van der Waals surface area contributed by atoms with Crippen molar-refractivity contribution in [3.8, 4) is 0 Å². The lowest BCUT2D eigenvalue weighted by atomic mass is 9.97. The molecule has 0 saturated heterocycles. The molecule has 2 atom stereocenters. The minimum Gasteiger partial charge on any atom is -0.380 e. The molecule has 0 aromatic rings. The van der Waals surface area contributed by atoms with Gasteiger partial charge in [-0.1, -0.05) is 0 Å². The molecule has 1 fully saturated rings. The largest absolute Gasteiger partial charge is 0.534 e. The minimum absolute atomic E-state index is 0.0299. The SMILES string of the molecule is CN(C)CC1=C(OS(=O)(=O)C(F)(F)F)C2CCC1C2. The Bertz CT molecular complexity index is 496. The van der Waals surface area contributed by atoms with E-state index in [0.717, 1.165) is 6.42 Å². The van der Waals surface area contributed by atoms with Gasteiger partial charge in [0.15, 0.2) is 0 Å². The van der Waals surface area contributed by atoms with Crippen LogP contribution in [0.2, 0.25) is 0 Å². The van der Waals surface area contributed by atoms with Gasteiger partial charge in [0.1, 0.15) is 5.76 Å². The molecule has 0 amide bonds. The number of nitrogens with zero attached hydrogens (tertiary/aromatic N) is 1. The van der Waals surface area contributed by atoms with Gasteiger partial charge in [-0.3, -0.25) is 0 Å². The van der Waals surface area contributed by atoms with Crippen molar-refractivity contribution in [2.45, 2.75) is 24.8 Å². The predicted molar refractivity (Wildman–Crippen MR) is 62.5 cm³/mol. The fraction of sp³-hybridized carbons (Fsp3) is 0.818. The van der Waals surface area contributed by atoms with Crippen LogP contribution in [-0.4, -0.2) is 39.5 Å². The minimum atomic E-state index is -5.55. The number of allylic oxidation sites excluding steroid dienone is 1. The zero-order valence-electron chi connectivity index (χ0n) is 10.7. The Hall–Kier alpha value is -0.760. The topological polar surface area (TPSA) is 46.6 Å². The van der Waals surface area contributed by atoms with Gasteiger partial charge in [0.2, 0.25) is 0 Å². The molecule has 8 heteroatoms. The number of alkyl halides is 3. The molecule has 2 bridgehead atoms. The lowest BCUT2D eigenvalue weighted by Gasteiger charge is -2.22. The number of halogens is 3. The van der Waals surface area contributed by atoms with E-state index in [0.29, 0.717) is 25.0 Å². The Morgan fingerprint density at radius 1 is 1.26 bits per heavy atom. The third-order valence-corrected chi connectivity index (χ3v) is 4.55. The van der Waals surface area contributed by atoms with Gasteiger partial charge in [0, 0.05) is 12.5 Å². The molecule has 0 spiro atoms. The van der Waals surface area contributed by atoms with Gasteiger partial charge in [-0.25, -0.2) is 0 Å². The quantitative estimate of drug-likeness (QED) is 0.589. The molecule has 0 aliphatic heterocycles. The van der Waals surface area contributed by atoms with E-state index in [1.807, 2.05) is 0 Å². The maximum atomic E-state index is 12.4. The molecule has 0 radical (unpaired) electrons. The number of rotatable bonds is 4. The van der Waals surface area contributed by atoms with Crippen molar-refractivity contribution in [3.63, 3.8) is 0 Å². The summed E-state index contributed by atoms with van der Waals surface area (Å²) in [4.78, 5) is 1.81. The molecule has 0 heterocycles. The van der Waals surface area contributed by atoms with Crippen molar-refractivity contribution >= 4 is 10.1 Å². The third kappa shape index (κ3) is 2.74. The standard InChI is InChI=1S/C11H16F3NO3S/c1-15(2)6-9-7-3-4-8(5-7)10(9)18-19(16,17)11(12,13)14/h7-8H,3-6H2,1-2H3. The second kappa shape index (κ2) is 4.66. The van der Waals surface area contributed by atoms with Gasteiger partial charge in [0.05, 0.1) is 0 Å². The van der Waals surface area contributed by atoms with Gasteiger partial charge >= 0.3 is 15.6 Å². The number of likely N-dealkylation sites (N-methyl/N-ethyl adjacent to an activating group) is 1. The van der Waals surface area contributed by atoms with Crippen molar-refractivity contribution in [2.24, 2.45) is 11.8 Å². The average Bonchev–Trinajstić information content (AvgIpc) is 2.78. The summed E-state index contributed by atoms with van der Waals surface area (Å²) >= 11 is 0. The Kier molecular flexibility index (Phi) is 3.59. The van der Waals surface area contributed by atoms with E-state index in [9.17, 15) is 21.6 Å². The summed E-state index contributed by atoms with van der Waals surface area (Å²) in [5, 5.41) is 0. The fourth-order valence-electron chi connectivity index (χ4n) is 2.83. The molecule has 2 aliphatic carbocycles. The fourth-order valence-corrected chi connectivity index (χ4v) is 3.41. The van der Waals surface area contributed by atoms with Crippen LogP contribution in [0.4, 0.5) is 13.2 Å². The van der Waals surface area contributed by atoms with Crippen molar-refractivity contribution < 1.29 is 25.8 Å². The van der Waals surface area contributed by atoms with E-state index < -0.39 is 15.6 Å². The highest BCUT2D eigenvalue weighted by atomic mass is 32.2. The Morgan fingerprint density at radius 3 is 2.37 bits per heavy atom.